The Bertz CT molecular complexity index is 803. The third kappa shape index (κ3) is 5.03. The molecule has 0 saturated heterocycles. The van der Waals surface area contributed by atoms with Crippen LogP contribution in [0.25, 0.3) is 11.4 Å². The number of rotatable bonds is 8. The Balaban J connectivity index is 1.79. The number of alkyl carbamates (subject to hydrolysis) is 1. The summed E-state index contributed by atoms with van der Waals surface area (Å²) in [6, 6.07) is 4.00. The van der Waals surface area contributed by atoms with E-state index in [1.807, 2.05) is 13.0 Å². The molecule has 2 heterocycles. The number of pyridine rings is 1. The van der Waals surface area contributed by atoms with Crippen LogP contribution in [0.1, 0.15) is 43.5 Å². The Morgan fingerprint density at radius 3 is 2.89 bits per heavy atom. The number of aromatic nitrogens is 3. The van der Waals surface area contributed by atoms with Crippen LogP contribution in [0.3, 0.4) is 0 Å². The van der Waals surface area contributed by atoms with Gasteiger partial charge >= 0.3 is 6.09 Å². The van der Waals surface area contributed by atoms with Crippen molar-refractivity contribution in [3.8, 4) is 11.4 Å². The lowest BCUT2D eigenvalue weighted by Crippen LogP contribution is -2.25. The first-order valence-corrected chi connectivity index (χ1v) is 9.26. The van der Waals surface area contributed by atoms with Gasteiger partial charge in [0.15, 0.2) is 5.82 Å². The summed E-state index contributed by atoms with van der Waals surface area (Å²) in [5.74, 6) is -0.363. The van der Waals surface area contributed by atoms with Crippen molar-refractivity contribution in [1.29, 1.82) is 0 Å². The van der Waals surface area contributed by atoms with Gasteiger partial charge in [-0.05, 0) is 50.8 Å². The minimum Gasteiger partial charge on any atom is -0.453 e. The number of nitrogens with one attached hydrogen (secondary N) is 2. The van der Waals surface area contributed by atoms with Crippen LogP contribution in [0.4, 0.5) is 9.18 Å². The molecule has 2 aromatic rings. The molecule has 1 aliphatic carbocycles. The van der Waals surface area contributed by atoms with Crippen molar-refractivity contribution in [2.45, 2.75) is 51.7 Å². The Morgan fingerprint density at radius 2 is 2.22 bits per heavy atom. The molecule has 1 aliphatic rings. The lowest BCUT2D eigenvalue weighted by atomic mass is 10.1. The molecule has 0 spiro atoms. The lowest BCUT2D eigenvalue weighted by Gasteiger charge is -2.10. The molecule has 3 rings (SSSR count). The first kappa shape index (κ1) is 19.3. The van der Waals surface area contributed by atoms with E-state index in [4.69, 9.17) is 0 Å². The van der Waals surface area contributed by atoms with Crippen LogP contribution in [-0.2, 0) is 11.3 Å². The van der Waals surface area contributed by atoms with Gasteiger partial charge in [0.1, 0.15) is 5.69 Å². The van der Waals surface area contributed by atoms with Gasteiger partial charge in [0.2, 0.25) is 0 Å². The fourth-order valence-electron chi connectivity index (χ4n) is 2.91. The summed E-state index contributed by atoms with van der Waals surface area (Å²) in [4.78, 5) is 15.4. The highest BCUT2D eigenvalue weighted by molar-refractivity contribution is 5.66. The number of nitrogens with zero attached hydrogens (tertiary/aromatic N) is 3. The molecule has 0 bridgehead atoms. The standard InChI is InChI=1S/C19H26FN5O2/c1-12-9-15(20)18(22-11-12)17-10-16(13(2)23-14-5-6-14)24-25(17)8-4-7-21-19(26)27-3/h9-11,13-14,23H,4-8H2,1-3H3,(H,21,26). The molecular formula is C19H26FN5O2. The first-order valence-electron chi connectivity index (χ1n) is 9.26. The number of ether oxygens (including phenoxy) is 1. The zero-order valence-corrected chi connectivity index (χ0v) is 16.0. The second kappa shape index (κ2) is 8.47. The average molecular weight is 375 g/mol. The van der Waals surface area contributed by atoms with Crippen LogP contribution >= 0.6 is 0 Å². The van der Waals surface area contributed by atoms with Crippen molar-refractivity contribution in [2.75, 3.05) is 13.7 Å². The maximum atomic E-state index is 14.5. The van der Waals surface area contributed by atoms with Crippen LogP contribution in [0.15, 0.2) is 18.3 Å². The van der Waals surface area contributed by atoms with E-state index in [9.17, 15) is 9.18 Å². The number of amides is 1. The molecular weight excluding hydrogens is 349 g/mol. The number of hydrogen-bond acceptors (Lipinski definition) is 5. The highest BCUT2D eigenvalue weighted by atomic mass is 19.1. The molecule has 146 valence electrons. The third-order valence-corrected chi connectivity index (χ3v) is 4.53. The van der Waals surface area contributed by atoms with Crippen molar-refractivity contribution >= 4 is 6.09 Å². The zero-order valence-electron chi connectivity index (χ0n) is 16.0. The first-order chi connectivity index (χ1) is 13.0. The molecule has 2 N–H and O–H groups in total. The molecule has 2 aromatic heterocycles. The van der Waals surface area contributed by atoms with Crippen molar-refractivity contribution in [1.82, 2.24) is 25.4 Å². The molecule has 8 heteroatoms. The molecule has 1 fully saturated rings. The zero-order chi connectivity index (χ0) is 19.4. The Labute approximate surface area is 158 Å². The second-order valence-corrected chi connectivity index (χ2v) is 6.96. The summed E-state index contributed by atoms with van der Waals surface area (Å²) in [6.07, 6.45) is 4.20. The van der Waals surface area contributed by atoms with Gasteiger partial charge in [-0.1, -0.05) is 0 Å². The largest absolute Gasteiger partial charge is 0.453 e. The van der Waals surface area contributed by atoms with Crippen LogP contribution in [0, 0.1) is 12.7 Å². The number of carbonyl (C=O) groups is 1. The molecule has 27 heavy (non-hydrogen) atoms. The Morgan fingerprint density at radius 1 is 1.44 bits per heavy atom. The normalized spacial score (nSPS) is 14.8. The Kier molecular flexibility index (Phi) is 6.05. The van der Waals surface area contributed by atoms with E-state index in [2.05, 4.69) is 32.4 Å². The quantitative estimate of drug-likeness (QED) is 0.694. The van der Waals surface area contributed by atoms with Gasteiger partial charge in [-0.3, -0.25) is 9.67 Å². The number of aryl methyl sites for hydroxylation is 2. The molecule has 0 aromatic carbocycles. The van der Waals surface area contributed by atoms with E-state index in [1.165, 1.54) is 26.0 Å². The topological polar surface area (TPSA) is 81.1 Å². The smallest absolute Gasteiger partial charge is 0.406 e. The fraction of sp³-hybridized carbons (Fsp3) is 0.526. The molecule has 1 unspecified atom stereocenters. The van der Waals surface area contributed by atoms with Gasteiger partial charge in [-0.2, -0.15) is 5.10 Å². The van der Waals surface area contributed by atoms with E-state index in [1.54, 1.807) is 10.9 Å². The summed E-state index contributed by atoms with van der Waals surface area (Å²) in [7, 11) is 1.33. The summed E-state index contributed by atoms with van der Waals surface area (Å²) >= 11 is 0. The molecule has 1 saturated carbocycles. The van der Waals surface area contributed by atoms with Crippen molar-refractivity contribution in [2.24, 2.45) is 0 Å². The summed E-state index contributed by atoms with van der Waals surface area (Å²) < 4.78 is 20.8. The van der Waals surface area contributed by atoms with Crippen molar-refractivity contribution < 1.29 is 13.9 Å². The maximum absolute atomic E-state index is 14.5. The summed E-state index contributed by atoms with van der Waals surface area (Å²) in [5, 5.41) is 10.8. The summed E-state index contributed by atoms with van der Waals surface area (Å²) in [5.41, 5.74) is 2.57. The SMILES string of the molecule is COC(=O)NCCCn1nc(C(C)NC2CC2)cc1-c1ncc(C)cc1F. The lowest BCUT2D eigenvalue weighted by molar-refractivity contribution is 0.170. The number of carbonyl (C=O) groups excluding carboxylic acids is 1. The van der Waals surface area contributed by atoms with Gasteiger partial charge in [0, 0.05) is 31.4 Å². The predicted octanol–water partition coefficient (Wildman–Crippen LogP) is 2.95. The number of halogens is 1. The molecule has 7 nitrogen and oxygen atoms in total. The summed E-state index contributed by atoms with van der Waals surface area (Å²) in [6.45, 7) is 4.85. The van der Waals surface area contributed by atoms with Crippen molar-refractivity contribution in [3.63, 3.8) is 0 Å². The number of hydrogen-bond donors (Lipinski definition) is 2. The fourth-order valence-corrected chi connectivity index (χ4v) is 2.91. The van der Waals surface area contributed by atoms with E-state index >= 15 is 0 Å². The van der Waals surface area contributed by atoms with E-state index in [0.717, 1.165) is 11.3 Å². The molecule has 1 amide bonds. The van der Waals surface area contributed by atoms with Gasteiger partial charge in [0.25, 0.3) is 0 Å². The van der Waals surface area contributed by atoms with Crippen LogP contribution in [0.5, 0.6) is 0 Å². The molecule has 1 atom stereocenters. The minimum atomic E-state index is -0.468. The highest BCUT2D eigenvalue weighted by Gasteiger charge is 2.25. The van der Waals surface area contributed by atoms with Gasteiger partial charge in [0.05, 0.1) is 18.5 Å². The Hall–Kier alpha value is -2.48. The van der Waals surface area contributed by atoms with Gasteiger partial charge in [-0.15, -0.1) is 0 Å². The predicted molar refractivity (Wildman–Crippen MR) is 99.8 cm³/mol. The van der Waals surface area contributed by atoms with Gasteiger partial charge in [-0.25, -0.2) is 9.18 Å². The monoisotopic (exact) mass is 375 g/mol. The number of methoxy groups -OCH3 is 1. The third-order valence-electron chi connectivity index (χ3n) is 4.53. The molecule has 0 aliphatic heterocycles. The van der Waals surface area contributed by atoms with Crippen LogP contribution < -0.4 is 10.6 Å². The van der Waals surface area contributed by atoms with E-state index in [0.29, 0.717) is 36.9 Å². The van der Waals surface area contributed by atoms with Gasteiger partial charge < -0.3 is 15.4 Å². The second-order valence-electron chi connectivity index (χ2n) is 6.96. The van der Waals surface area contributed by atoms with Crippen molar-refractivity contribution in [3.05, 3.63) is 35.4 Å². The van der Waals surface area contributed by atoms with E-state index in [-0.39, 0.29) is 11.9 Å². The minimum absolute atomic E-state index is 0.0826. The highest BCUT2D eigenvalue weighted by Crippen LogP contribution is 2.27. The average Bonchev–Trinajstić information content (AvgIpc) is 3.35. The molecule has 0 radical (unpaired) electrons. The maximum Gasteiger partial charge on any atom is 0.406 e. The van der Waals surface area contributed by atoms with Crippen LogP contribution in [-0.4, -0.2) is 40.6 Å². The van der Waals surface area contributed by atoms with E-state index < -0.39 is 6.09 Å². The van der Waals surface area contributed by atoms with Crippen LogP contribution in [0.2, 0.25) is 0 Å².